The molecular formula is C26H33ClN2O3. The van der Waals surface area contributed by atoms with E-state index in [4.69, 9.17) is 16.7 Å². The maximum Gasteiger partial charge on any atom is 0.335 e. The van der Waals surface area contributed by atoms with Crippen LogP contribution in [0.15, 0.2) is 42.5 Å². The summed E-state index contributed by atoms with van der Waals surface area (Å²) in [6.45, 7) is 5.79. The van der Waals surface area contributed by atoms with Crippen molar-refractivity contribution in [2.24, 2.45) is 5.92 Å². The lowest BCUT2D eigenvalue weighted by Gasteiger charge is -2.38. The van der Waals surface area contributed by atoms with Gasteiger partial charge in [-0.05, 0) is 61.1 Å². The van der Waals surface area contributed by atoms with Crippen molar-refractivity contribution in [1.82, 2.24) is 5.32 Å². The molecule has 3 rings (SSSR count). The van der Waals surface area contributed by atoms with E-state index >= 15 is 0 Å². The van der Waals surface area contributed by atoms with Crippen molar-refractivity contribution in [2.75, 3.05) is 18.0 Å². The van der Waals surface area contributed by atoms with Gasteiger partial charge in [-0.25, -0.2) is 4.79 Å². The maximum atomic E-state index is 13.2. The zero-order valence-electron chi connectivity index (χ0n) is 18.9. The van der Waals surface area contributed by atoms with E-state index < -0.39 is 5.97 Å². The Labute approximate surface area is 195 Å². The van der Waals surface area contributed by atoms with E-state index in [1.807, 2.05) is 12.1 Å². The van der Waals surface area contributed by atoms with E-state index in [2.05, 4.69) is 24.1 Å². The lowest BCUT2D eigenvalue weighted by atomic mass is 9.92. The molecule has 0 radical (unpaired) electrons. The second-order valence-corrected chi connectivity index (χ2v) is 9.44. The number of nitrogens with zero attached hydrogens (tertiary/aromatic N) is 1. The van der Waals surface area contributed by atoms with Crippen LogP contribution in [0.1, 0.15) is 72.2 Å². The number of nitrogens with one attached hydrogen (secondary N) is 1. The number of hydrogen-bond donors (Lipinski definition) is 2. The Morgan fingerprint density at radius 3 is 2.41 bits per heavy atom. The van der Waals surface area contributed by atoms with Crippen molar-refractivity contribution < 1.29 is 14.7 Å². The van der Waals surface area contributed by atoms with E-state index in [0.29, 0.717) is 35.5 Å². The third-order valence-electron chi connectivity index (χ3n) is 5.99. The van der Waals surface area contributed by atoms with Crippen LogP contribution in [-0.4, -0.2) is 36.1 Å². The molecule has 1 aliphatic rings. The predicted octanol–water partition coefficient (Wildman–Crippen LogP) is 5.81. The van der Waals surface area contributed by atoms with Crippen molar-refractivity contribution in [3.63, 3.8) is 0 Å². The summed E-state index contributed by atoms with van der Waals surface area (Å²) < 4.78 is 0. The van der Waals surface area contributed by atoms with Crippen LogP contribution in [0.2, 0.25) is 5.02 Å². The Morgan fingerprint density at radius 2 is 1.78 bits per heavy atom. The summed E-state index contributed by atoms with van der Waals surface area (Å²) in [5.41, 5.74) is 2.81. The molecule has 1 aliphatic carbocycles. The number of carbonyl (C=O) groups excluding carboxylic acids is 1. The molecule has 0 aliphatic heterocycles. The number of rotatable bonds is 9. The molecule has 172 valence electrons. The van der Waals surface area contributed by atoms with Gasteiger partial charge in [0.2, 0.25) is 0 Å². The average Bonchev–Trinajstić information content (AvgIpc) is 2.78. The van der Waals surface area contributed by atoms with Crippen LogP contribution in [0.3, 0.4) is 0 Å². The quantitative estimate of drug-likeness (QED) is 0.499. The summed E-state index contributed by atoms with van der Waals surface area (Å²) >= 11 is 6.28. The summed E-state index contributed by atoms with van der Waals surface area (Å²) in [7, 11) is 0. The number of carbonyl (C=O) groups is 2. The molecule has 5 nitrogen and oxygen atoms in total. The maximum absolute atomic E-state index is 13.2. The Bertz CT molecular complexity index is 921. The highest BCUT2D eigenvalue weighted by molar-refractivity contribution is 6.31. The van der Waals surface area contributed by atoms with Gasteiger partial charge in [0.1, 0.15) is 0 Å². The summed E-state index contributed by atoms with van der Waals surface area (Å²) in [5, 5.41) is 12.6. The minimum absolute atomic E-state index is 0.130. The van der Waals surface area contributed by atoms with E-state index in [0.717, 1.165) is 30.6 Å². The van der Waals surface area contributed by atoms with Gasteiger partial charge in [0.25, 0.3) is 5.91 Å². The molecule has 2 N–H and O–H groups in total. The predicted molar refractivity (Wildman–Crippen MR) is 130 cm³/mol. The first-order chi connectivity index (χ1) is 15.3. The Hall–Kier alpha value is -2.53. The van der Waals surface area contributed by atoms with Gasteiger partial charge < -0.3 is 15.3 Å². The van der Waals surface area contributed by atoms with Gasteiger partial charge >= 0.3 is 5.97 Å². The fourth-order valence-corrected chi connectivity index (χ4v) is 4.57. The van der Waals surface area contributed by atoms with Crippen molar-refractivity contribution in [3.05, 3.63) is 64.2 Å². The highest BCUT2D eigenvalue weighted by atomic mass is 35.5. The molecule has 1 fully saturated rings. The van der Waals surface area contributed by atoms with Crippen LogP contribution in [0.25, 0.3) is 0 Å². The van der Waals surface area contributed by atoms with Gasteiger partial charge in [-0.1, -0.05) is 56.8 Å². The molecule has 0 aromatic heterocycles. The molecule has 6 heteroatoms. The van der Waals surface area contributed by atoms with Crippen molar-refractivity contribution in [2.45, 2.75) is 58.4 Å². The molecule has 1 amide bonds. The molecule has 0 saturated heterocycles. The molecule has 0 unspecified atom stereocenters. The largest absolute Gasteiger partial charge is 0.478 e. The van der Waals surface area contributed by atoms with Gasteiger partial charge in [-0.3, -0.25) is 4.79 Å². The summed E-state index contributed by atoms with van der Waals surface area (Å²) in [6.07, 6.45) is 6.68. The van der Waals surface area contributed by atoms with Crippen molar-refractivity contribution in [3.8, 4) is 0 Å². The van der Waals surface area contributed by atoms with Crippen molar-refractivity contribution in [1.29, 1.82) is 0 Å². The van der Waals surface area contributed by atoms with E-state index in [9.17, 15) is 9.59 Å². The minimum Gasteiger partial charge on any atom is -0.478 e. The number of carboxylic acids is 1. The van der Waals surface area contributed by atoms with Crippen LogP contribution in [0.4, 0.5) is 5.69 Å². The van der Waals surface area contributed by atoms with E-state index in [1.165, 1.54) is 19.3 Å². The molecule has 32 heavy (non-hydrogen) atoms. The minimum atomic E-state index is -0.942. The fraction of sp³-hybridized carbons (Fsp3) is 0.462. The third-order valence-corrected chi connectivity index (χ3v) is 6.23. The Kier molecular flexibility index (Phi) is 8.57. The third kappa shape index (κ3) is 6.49. The summed E-state index contributed by atoms with van der Waals surface area (Å²) in [4.78, 5) is 26.6. The van der Waals surface area contributed by atoms with Crippen LogP contribution in [0.5, 0.6) is 0 Å². The molecular weight excluding hydrogens is 424 g/mol. The number of carboxylic acid groups (broad SMARTS) is 1. The fourth-order valence-electron chi connectivity index (χ4n) is 4.40. The van der Waals surface area contributed by atoms with Crippen LogP contribution < -0.4 is 10.2 Å². The normalized spacial score (nSPS) is 14.4. The lowest BCUT2D eigenvalue weighted by Crippen LogP contribution is -2.41. The Morgan fingerprint density at radius 1 is 1.09 bits per heavy atom. The standard InChI is InChI=1S/C26H33ClN2O3/c1-18(2)17-29(22-6-4-3-5-7-22)24-13-12-21(27)16-23(24)25(30)28-15-14-19-8-10-20(11-9-19)26(31)32/h8-13,16,18,22H,3-7,14-15,17H2,1-2H3,(H,28,30)(H,31,32). The summed E-state index contributed by atoms with van der Waals surface area (Å²) in [5.74, 6) is -0.589. The van der Waals surface area contributed by atoms with Gasteiger partial charge in [0.05, 0.1) is 11.1 Å². The number of anilines is 1. The van der Waals surface area contributed by atoms with E-state index in [-0.39, 0.29) is 11.5 Å². The molecule has 1 saturated carbocycles. The number of aromatic carboxylic acids is 1. The first-order valence-electron chi connectivity index (χ1n) is 11.5. The SMILES string of the molecule is CC(C)CN(c1ccc(Cl)cc1C(=O)NCCc1ccc(C(=O)O)cc1)C1CCCCC1. The molecule has 0 heterocycles. The van der Waals surface area contributed by atoms with Gasteiger partial charge in [-0.15, -0.1) is 0 Å². The van der Waals surface area contributed by atoms with Crippen molar-refractivity contribution >= 4 is 29.2 Å². The first kappa shape index (κ1) is 24.1. The number of benzene rings is 2. The second kappa shape index (κ2) is 11.4. The van der Waals surface area contributed by atoms with Crippen LogP contribution in [-0.2, 0) is 6.42 Å². The zero-order valence-corrected chi connectivity index (χ0v) is 19.7. The molecule has 0 spiro atoms. The topological polar surface area (TPSA) is 69.6 Å². The zero-order chi connectivity index (χ0) is 23.1. The van der Waals surface area contributed by atoms with Gasteiger partial charge in [-0.2, -0.15) is 0 Å². The molecule has 2 aromatic carbocycles. The average molecular weight is 457 g/mol. The lowest BCUT2D eigenvalue weighted by molar-refractivity contribution is 0.0696. The van der Waals surface area contributed by atoms with Gasteiger partial charge in [0, 0.05) is 29.8 Å². The smallest absolute Gasteiger partial charge is 0.335 e. The monoisotopic (exact) mass is 456 g/mol. The second-order valence-electron chi connectivity index (χ2n) is 9.01. The van der Waals surface area contributed by atoms with Crippen LogP contribution in [0, 0.1) is 5.92 Å². The highest BCUT2D eigenvalue weighted by Crippen LogP contribution is 2.32. The first-order valence-corrected chi connectivity index (χ1v) is 11.9. The molecule has 2 aromatic rings. The molecule has 0 atom stereocenters. The number of amides is 1. The number of halogens is 1. The van der Waals surface area contributed by atoms with E-state index in [1.54, 1.807) is 30.3 Å². The summed E-state index contributed by atoms with van der Waals surface area (Å²) in [6, 6.07) is 12.8. The number of hydrogen-bond acceptors (Lipinski definition) is 3. The Balaban J connectivity index is 1.73. The highest BCUT2D eigenvalue weighted by Gasteiger charge is 2.26. The van der Waals surface area contributed by atoms with Gasteiger partial charge in [0.15, 0.2) is 0 Å². The van der Waals surface area contributed by atoms with Crippen LogP contribution >= 0.6 is 11.6 Å². The molecule has 0 bridgehead atoms.